The van der Waals surface area contributed by atoms with Crippen LogP contribution in [0.5, 0.6) is 0 Å². The number of fused-ring (bicyclic) bond motifs is 1. The van der Waals surface area contributed by atoms with Gasteiger partial charge in [-0.2, -0.15) is 0 Å². The molecule has 2 aliphatic carbocycles. The number of carbonyl (C=O) groups excluding carboxylic acids is 2. The van der Waals surface area contributed by atoms with Crippen LogP contribution in [-0.4, -0.2) is 27.7 Å². The number of amides is 1. The van der Waals surface area contributed by atoms with E-state index in [4.69, 9.17) is 4.98 Å². The minimum absolute atomic E-state index is 0.00703. The lowest BCUT2D eigenvalue weighted by Crippen LogP contribution is -2.32. The van der Waals surface area contributed by atoms with Crippen molar-refractivity contribution < 1.29 is 9.59 Å². The standard InChI is InChI=1S/C29H33N3O2/c1-18-7-8-19(2)24(15-18)27(33)17-20-9-14-25-26(16-20)32-28(31-25)21-10-12-22(13-11-21)29(34)30-23-5-3-4-6-23/h9-14,16,18,23-24H,2-8,15,17H2,1H3,(H,30,34)(H,31,32). The van der Waals surface area contributed by atoms with E-state index < -0.39 is 0 Å². The Balaban J connectivity index is 1.28. The summed E-state index contributed by atoms with van der Waals surface area (Å²) in [5, 5.41) is 3.13. The molecule has 1 amide bonds. The van der Waals surface area contributed by atoms with E-state index in [0.717, 1.165) is 65.7 Å². The van der Waals surface area contributed by atoms with Crippen LogP contribution in [-0.2, 0) is 11.2 Å². The number of hydrogen-bond acceptors (Lipinski definition) is 3. The number of ketones is 1. The van der Waals surface area contributed by atoms with Crippen molar-refractivity contribution >= 4 is 22.7 Å². The summed E-state index contributed by atoms with van der Waals surface area (Å²) in [7, 11) is 0. The number of benzene rings is 2. The average molecular weight is 456 g/mol. The van der Waals surface area contributed by atoms with Crippen molar-refractivity contribution in [1.29, 1.82) is 0 Å². The Morgan fingerprint density at radius 2 is 1.85 bits per heavy atom. The molecule has 5 nitrogen and oxygen atoms in total. The van der Waals surface area contributed by atoms with Crippen LogP contribution >= 0.6 is 0 Å². The zero-order valence-corrected chi connectivity index (χ0v) is 19.9. The molecule has 0 saturated heterocycles. The minimum Gasteiger partial charge on any atom is -0.349 e. The zero-order valence-electron chi connectivity index (χ0n) is 19.9. The fraction of sp³-hybridized carbons (Fsp3) is 0.414. The van der Waals surface area contributed by atoms with Crippen molar-refractivity contribution in [1.82, 2.24) is 15.3 Å². The van der Waals surface area contributed by atoms with Crippen LogP contribution in [0.25, 0.3) is 22.4 Å². The van der Waals surface area contributed by atoms with Gasteiger partial charge in [0.1, 0.15) is 11.6 Å². The Morgan fingerprint density at radius 3 is 2.62 bits per heavy atom. The van der Waals surface area contributed by atoms with Gasteiger partial charge in [0.05, 0.1) is 11.0 Å². The molecule has 2 saturated carbocycles. The quantitative estimate of drug-likeness (QED) is 0.447. The molecule has 0 spiro atoms. The molecule has 5 heteroatoms. The Hall–Kier alpha value is -3.21. The van der Waals surface area contributed by atoms with Crippen LogP contribution < -0.4 is 5.32 Å². The molecule has 34 heavy (non-hydrogen) atoms. The van der Waals surface area contributed by atoms with Gasteiger partial charge in [0.25, 0.3) is 5.91 Å². The molecular weight excluding hydrogens is 422 g/mol. The van der Waals surface area contributed by atoms with Crippen LogP contribution in [0, 0.1) is 11.8 Å². The highest BCUT2D eigenvalue weighted by atomic mass is 16.1. The molecular formula is C29H33N3O2. The molecule has 2 fully saturated rings. The fourth-order valence-corrected chi connectivity index (χ4v) is 5.40. The molecule has 176 valence electrons. The monoisotopic (exact) mass is 455 g/mol. The molecule has 2 aliphatic rings. The highest BCUT2D eigenvalue weighted by Crippen LogP contribution is 2.33. The maximum atomic E-state index is 13.0. The van der Waals surface area contributed by atoms with Crippen molar-refractivity contribution in [2.45, 2.75) is 64.3 Å². The van der Waals surface area contributed by atoms with E-state index in [0.29, 0.717) is 23.9 Å². The molecule has 0 aliphatic heterocycles. The van der Waals surface area contributed by atoms with Gasteiger partial charge in [-0.1, -0.05) is 50.1 Å². The summed E-state index contributed by atoms with van der Waals surface area (Å²) in [6.07, 6.45) is 7.98. The number of imidazole rings is 1. The van der Waals surface area contributed by atoms with E-state index in [1.165, 1.54) is 12.8 Å². The van der Waals surface area contributed by atoms with Gasteiger partial charge in [-0.25, -0.2) is 4.98 Å². The molecule has 0 bridgehead atoms. The maximum Gasteiger partial charge on any atom is 0.251 e. The van der Waals surface area contributed by atoms with Gasteiger partial charge in [-0.3, -0.25) is 9.59 Å². The molecule has 2 atom stereocenters. The summed E-state index contributed by atoms with van der Waals surface area (Å²) >= 11 is 0. The summed E-state index contributed by atoms with van der Waals surface area (Å²) in [6, 6.07) is 13.9. The first-order chi connectivity index (χ1) is 16.5. The van der Waals surface area contributed by atoms with Crippen LogP contribution in [0.3, 0.4) is 0 Å². The van der Waals surface area contributed by atoms with E-state index in [9.17, 15) is 9.59 Å². The number of nitrogens with zero attached hydrogens (tertiary/aromatic N) is 1. The largest absolute Gasteiger partial charge is 0.349 e. The lowest BCUT2D eigenvalue weighted by atomic mass is 9.76. The molecule has 5 rings (SSSR count). The number of aromatic amines is 1. The fourth-order valence-electron chi connectivity index (χ4n) is 5.40. The molecule has 2 unspecified atom stereocenters. The third kappa shape index (κ3) is 4.84. The highest BCUT2D eigenvalue weighted by Gasteiger charge is 2.28. The van der Waals surface area contributed by atoms with Gasteiger partial charge < -0.3 is 10.3 Å². The van der Waals surface area contributed by atoms with Crippen LogP contribution in [0.2, 0.25) is 0 Å². The second kappa shape index (κ2) is 9.57. The molecule has 2 aromatic carbocycles. The lowest BCUT2D eigenvalue weighted by Gasteiger charge is -2.28. The summed E-state index contributed by atoms with van der Waals surface area (Å²) in [5.41, 5.74) is 5.47. The molecule has 0 radical (unpaired) electrons. The summed E-state index contributed by atoms with van der Waals surface area (Å²) < 4.78 is 0. The number of rotatable bonds is 6. The molecule has 1 aromatic heterocycles. The predicted molar refractivity (Wildman–Crippen MR) is 136 cm³/mol. The van der Waals surface area contributed by atoms with Gasteiger partial charge in [-0.05, 0) is 67.9 Å². The van der Waals surface area contributed by atoms with E-state index in [-0.39, 0.29) is 17.6 Å². The number of H-pyrrole nitrogens is 1. The van der Waals surface area contributed by atoms with E-state index in [2.05, 4.69) is 23.8 Å². The first kappa shape index (κ1) is 22.6. The molecule has 3 aromatic rings. The van der Waals surface area contributed by atoms with Gasteiger partial charge in [0.2, 0.25) is 0 Å². The molecule has 2 N–H and O–H groups in total. The maximum absolute atomic E-state index is 13.0. The zero-order chi connectivity index (χ0) is 23.7. The minimum atomic E-state index is -0.0128. The average Bonchev–Trinajstić information content (AvgIpc) is 3.50. The third-order valence-electron chi connectivity index (χ3n) is 7.51. The van der Waals surface area contributed by atoms with E-state index >= 15 is 0 Å². The molecule has 1 heterocycles. The number of carbonyl (C=O) groups is 2. The Bertz CT molecular complexity index is 1220. The van der Waals surface area contributed by atoms with Gasteiger partial charge in [-0.15, -0.1) is 0 Å². The number of aromatic nitrogens is 2. The van der Waals surface area contributed by atoms with Gasteiger partial charge in [0, 0.05) is 29.5 Å². The summed E-state index contributed by atoms with van der Waals surface area (Å²) in [4.78, 5) is 33.6. The Morgan fingerprint density at radius 1 is 1.09 bits per heavy atom. The predicted octanol–water partition coefficient (Wildman–Crippen LogP) is 6.01. The smallest absolute Gasteiger partial charge is 0.251 e. The van der Waals surface area contributed by atoms with Gasteiger partial charge in [0.15, 0.2) is 0 Å². The van der Waals surface area contributed by atoms with Crippen LogP contribution in [0.4, 0.5) is 0 Å². The first-order valence-electron chi connectivity index (χ1n) is 12.6. The van der Waals surface area contributed by atoms with Crippen molar-refractivity contribution in [3.8, 4) is 11.4 Å². The van der Waals surface area contributed by atoms with E-state index in [1.807, 2.05) is 42.5 Å². The van der Waals surface area contributed by atoms with Crippen molar-refractivity contribution in [3.63, 3.8) is 0 Å². The number of allylic oxidation sites excluding steroid dienone is 1. The van der Waals surface area contributed by atoms with Crippen LogP contribution in [0.15, 0.2) is 54.6 Å². The Labute approximate surface area is 201 Å². The number of Topliss-reactive ketones (excluding diaryl/α,β-unsaturated/α-hetero) is 1. The summed E-state index contributed by atoms with van der Waals surface area (Å²) in [6.45, 7) is 6.38. The topological polar surface area (TPSA) is 74.8 Å². The highest BCUT2D eigenvalue weighted by molar-refractivity contribution is 5.95. The SMILES string of the molecule is C=C1CCC(C)CC1C(=O)Cc1ccc2nc(-c3ccc(C(=O)NC4CCCC4)cc3)[nH]c2c1. The van der Waals surface area contributed by atoms with E-state index in [1.54, 1.807) is 0 Å². The second-order valence-corrected chi connectivity index (χ2v) is 10.2. The number of hydrogen-bond donors (Lipinski definition) is 2. The lowest BCUT2D eigenvalue weighted by molar-refractivity contribution is -0.122. The normalized spacial score (nSPS) is 21.1. The van der Waals surface area contributed by atoms with Crippen molar-refractivity contribution in [2.75, 3.05) is 0 Å². The van der Waals surface area contributed by atoms with Crippen molar-refractivity contribution in [2.24, 2.45) is 11.8 Å². The first-order valence-corrected chi connectivity index (χ1v) is 12.6. The van der Waals surface area contributed by atoms with Gasteiger partial charge >= 0.3 is 0 Å². The van der Waals surface area contributed by atoms with Crippen LogP contribution in [0.1, 0.15) is 67.8 Å². The van der Waals surface area contributed by atoms with Crippen molar-refractivity contribution in [3.05, 3.63) is 65.7 Å². The second-order valence-electron chi connectivity index (χ2n) is 10.2. The number of nitrogens with one attached hydrogen (secondary N) is 2. The summed E-state index contributed by atoms with van der Waals surface area (Å²) in [5.74, 6) is 1.59. The Kier molecular flexibility index (Phi) is 6.36. The third-order valence-corrected chi connectivity index (χ3v) is 7.51.